The molecule has 0 spiro atoms. The molecule has 0 fully saturated rings. The molecule has 0 aliphatic rings. The molecule has 0 unspecified atom stereocenters. The van der Waals surface area contributed by atoms with E-state index in [-0.39, 0.29) is 5.56 Å². The van der Waals surface area contributed by atoms with Gasteiger partial charge in [0, 0.05) is 17.0 Å². The Morgan fingerprint density at radius 1 is 0.955 bits per heavy atom. The zero-order valence-electron chi connectivity index (χ0n) is 11.8. The Morgan fingerprint density at radius 2 is 1.82 bits per heavy atom. The molecular weight excluding hydrogens is 276 g/mol. The number of fused-ring (bicyclic) bond motifs is 3. The maximum atomic E-state index is 11.9. The average molecular weight is 290 g/mol. The molecule has 0 radical (unpaired) electrons. The minimum Gasteiger partial charge on any atom is -0.488 e. The third kappa shape index (κ3) is 2.05. The third-order valence-electron chi connectivity index (χ3n) is 3.75. The van der Waals surface area contributed by atoms with Crippen LogP contribution in [0.3, 0.4) is 0 Å². The topological polar surface area (TPSA) is 57.9 Å². The van der Waals surface area contributed by atoms with Gasteiger partial charge in [-0.15, -0.1) is 0 Å². The first-order valence-electron chi connectivity index (χ1n) is 7.12. The molecule has 4 nitrogen and oxygen atoms in total. The maximum absolute atomic E-state index is 11.9. The normalized spacial score (nSPS) is 11.1. The molecule has 0 amide bonds. The molecule has 0 saturated carbocycles. The third-order valence-corrected chi connectivity index (χ3v) is 3.75. The predicted molar refractivity (Wildman–Crippen MR) is 87.2 cm³/mol. The van der Waals surface area contributed by atoms with Gasteiger partial charge >= 0.3 is 0 Å². The van der Waals surface area contributed by atoms with Crippen molar-refractivity contribution in [3.63, 3.8) is 0 Å². The number of H-pyrrole nitrogens is 2. The lowest BCUT2D eigenvalue weighted by Crippen LogP contribution is -2.03. The van der Waals surface area contributed by atoms with Crippen molar-refractivity contribution in [1.29, 1.82) is 0 Å². The van der Waals surface area contributed by atoms with Crippen LogP contribution >= 0.6 is 0 Å². The minimum absolute atomic E-state index is 0.122. The highest BCUT2D eigenvalue weighted by Crippen LogP contribution is 2.32. The van der Waals surface area contributed by atoms with Gasteiger partial charge in [-0.2, -0.15) is 0 Å². The van der Waals surface area contributed by atoms with E-state index in [1.807, 2.05) is 54.6 Å². The van der Waals surface area contributed by atoms with Crippen LogP contribution in [0.25, 0.3) is 21.8 Å². The lowest BCUT2D eigenvalue weighted by atomic mass is 10.1. The van der Waals surface area contributed by atoms with E-state index in [1.165, 1.54) is 0 Å². The van der Waals surface area contributed by atoms with Crippen LogP contribution in [0.1, 0.15) is 5.56 Å². The number of aromatic nitrogens is 2. The highest BCUT2D eigenvalue weighted by atomic mass is 16.5. The van der Waals surface area contributed by atoms with Crippen molar-refractivity contribution in [2.24, 2.45) is 0 Å². The second kappa shape index (κ2) is 5.07. The average Bonchev–Trinajstić information content (AvgIpc) is 2.95. The number of benzene rings is 2. The quantitative estimate of drug-likeness (QED) is 0.606. The van der Waals surface area contributed by atoms with Crippen molar-refractivity contribution in [3.05, 3.63) is 76.7 Å². The number of nitrogens with one attached hydrogen (secondary N) is 2. The molecule has 4 aromatic rings. The van der Waals surface area contributed by atoms with Crippen LogP contribution in [-0.4, -0.2) is 9.97 Å². The highest BCUT2D eigenvalue weighted by molar-refractivity contribution is 6.10. The van der Waals surface area contributed by atoms with Crippen molar-refractivity contribution in [1.82, 2.24) is 9.97 Å². The summed E-state index contributed by atoms with van der Waals surface area (Å²) in [6.45, 7) is 0.496. The first-order valence-corrected chi connectivity index (χ1v) is 7.12. The summed E-state index contributed by atoms with van der Waals surface area (Å²) < 4.78 is 5.98. The lowest BCUT2D eigenvalue weighted by molar-refractivity contribution is 0.310. The van der Waals surface area contributed by atoms with Gasteiger partial charge in [0.2, 0.25) is 0 Å². The Labute approximate surface area is 126 Å². The van der Waals surface area contributed by atoms with Gasteiger partial charge in [0.1, 0.15) is 17.9 Å². The Morgan fingerprint density at radius 3 is 2.68 bits per heavy atom. The summed E-state index contributed by atoms with van der Waals surface area (Å²) in [6, 6.07) is 17.7. The zero-order valence-corrected chi connectivity index (χ0v) is 11.8. The summed E-state index contributed by atoms with van der Waals surface area (Å²) in [5, 5.41) is 1.82. The summed E-state index contributed by atoms with van der Waals surface area (Å²) in [5.41, 5.74) is 2.46. The van der Waals surface area contributed by atoms with Crippen LogP contribution in [0.5, 0.6) is 5.75 Å². The summed E-state index contributed by atoms with van der Waals surface area (Å²) in [6.07, 6.45) is 1.66. The van der Waals surface area contributed by atoms with Crippen LogP contribution in [0, 0.1) is 0 Å². The minimum atomic E-state index is -0.122. The Kier molecular flexibility index (Phi) is 2.93. The second-order valence-corrected chi connectivity index (χ2v) is 5.17. The number of ether oxygens (including phenoxy) is 1. The first-order chi connectivity index (χ1) is 10.8. The lowest BCUT2D eigenvalue weighted by Gasteiger charge is -2.07. The van der Waals surface area contributed by atoms with Gasteiger partial charge in [0.25, 0.3) is 5.56 Å². The number of hydrogen-bond donors (Lipinski definition) is 2. The summed E-state index contributed by atoms with van der Waals surface area (Å²) in [4.78, 5) is 17.8. The van der Waals surface area contributed by atoms with E-state index in [1.54, 1.807) is 6.20 Å². The van der Waals surface area contributed by atoms with Gasteiger partial charge in [-0.1, -0.05) is 36.4 Å². The SMILES string of the molecule is O=c1[nH]ccc2c1[nH]c1cccc(OCc3ccccc3)c12. The van der Waals surface area contributed by atoms with Crippen LogP contribution in [0.4, 0.5) is 0 Å². The smallest absolute Gasteiger partial charge is 0.272 e. The first kappa shape index (κ1) is 12.7. The number of hydrogen-bond acceptors (Lipinski definition) is 2. The molecule has 0 saturated heterocycles. The van der Waals surface area contributed by atoms with E-state index < -0.39 is 0 Å². The van der Waals surface area contributed by atoms with Crippen LogP contribution in [0.15, 0.2) is 65.6 Å². The Hall–Kier alpha value is -3.01. The van der Waals surface area contributed by atoms with Crippen molar-refractivity contribution in [2.75, 3.05) is 0 Å². The van der Waals surface area contributed by atoms with Crippen LogP contribution in [0.2, 0.25) is 0 Å². The Balaban J connectivity index is 1.82. The largest absolute Gasteiger partial charge is 0.488 e. The molecule has 2 N–H and O–H groups in total. The zero-order chi connectivity index (χ0) is 14.9. The molecule has 0 aliphatic heterocycles. The molecule has 0 atom stereocenters. The monoisotopic (exact) mass is 290 g/mol. The molecule has 2 heterocycles. The molecule has 2 aromatic heterocycles. The van der Waals surface area contributed by atoms with Gasteiger partial charge < -0.3 is 14.7 Å². The van der Waals surface area contributed by atoms with Crippen molar-refractivity contribution in [3.8, 4) is 5.75 Å². The van der Waals surface area contributed by atoms with E-state index in [2.05, 4.69) is 9.97 Å². The van der Waals surface area contributed by atoms with Gasteiger partial charge in [0.05, 0.1) is 5.52 Å². The number of rotatable bonds is 3. The van der Waals surface area contributed by atoms with E-state index in [4.69, 9.17) is 4.74 Å². The maximum Gasteiger partial charge on any atom is 0.272 e. The van der Waals surface area contributed by atoms with Gasteiger partial charge in [-0.3, -0.25) is 4.79 Å². The fourth-order valence-corrected chi connectivity index (χ4v) is 2.71. The van der Waals surface area contributed by atoms with Crippen molar-refractivity contribution in [2.45, 2.75) is 6.61 Å². The van der Waals surface area contributed by atoms with Crippen LogP contribution < -0.4 is 10.3 Å². The molecule has 2 aromatic carbocycles. The van der Waals surface area contributed by atoms with E-state index in [0.29, 0.717) is 12.1 Å². The predicted octanol–water partition coefficient (Wildman–Crippen LogP) is 3.59. The standard InChI is InChI=1S/C18H14N2O2/c21-18-17-13(9-10-19-18)16-14(20-17)7-4-8-15(16)22-11-12-5-2-1-3-6-12/h1-10,20H,11H2,(H,19,21). The molecule has 22 heavy (non-hydrogen) atoms. The van der Waals surface area contributed by atoms with E-state index in [9.17, 15) is 4.79 Å². The Bertz CT molecular complexity index is 1000. The molecule has 0 bridgehead atoms. The molecule has 4 rings (SSSR count). The fraction of sp³-hybridized carbons (Fsp3) is 0.0556. The molecular formula is C18H14N2O2. The van der Waals surface area contributed by atoms with Crippen molar-refractivity contribution >= 4 is 21.8 Å². The number of pyridine rings is 1. The van der Waals surface area contributed by atoms with Crippen molar-refractivity contribution < 1.29 is 4.74 Å². The molecule has 4 heteroatoms. The van der Waals surface area contributed by atoms with E-state index in [0.717, 1.165) is 27.6 Å². The van der Waals surface area contributed by atoms with Crippen LogP contribution in [-0.2, 0) is 6.61 Å². The summed E-state index contributed by atoms with van der Waals surface area (Å²) >= 11 is 0. The fourth-order valence-electron chi connectivity index (χ4n) is 2.71. The molecule has 0 aliphatic carbocycles. The summed E-state index contributed by atoms with van der Waals surface area (Å²) in [5.74, 6) is 0.776. The van der Waals surface area contributed by atoms with Gasteiger partial charge in [-0.05, 0) is 23.8 Å². The second-order valence-electron chi connectivity index (χ2n) is 5.17. The van der Waals surface area contributed by atoms with E-state index >= 15 is 0 Å². The van der Waals surface area contributed by atoms with Gasteiger partial charge in [0.15, 0.2) is 0 Å². The highest BCUT2D eigenvalue weighted by Gasteiger charge is 2.11. The number of aromatic amines is 2. The summed E-state index contributed by atoms with van der Waals surface area (Å²) in [7, 11) is 0. The van der Waals surface area contributed by atoms with Gasteiger partial charge in [-0.25, -0.2) is 0 Å². The molecule has 108 valence electrons.